The van der Waals surface area contributed by atoms with Crippen molar-refractivity contribution in [2.75, 3.05) is 57.2 Å². The van der Waals surface area contributed by atoms with E-state index >= 15 is 0 Å². The lowest BCUT2D eigenvalue weighted by Crippen LogP contribution is -2.47. The number of esters is 1. The van der Waals surface area contributed by atoms with Gasteiger partial charge in [-0.1, -0.05) is 6.07 Å². The Kier molecular flexibility index (Phi) is 7.39. The molecule has 4 rings (SSSR count). The van der Waals surface area contributed by atoms with E-state index in [9.17, 15) is 22.8 Å². The SMILES string of the molecule is COC(=O)c1[nH]c2cc(OC)ccc2c1NC(=O)CCN1CCN(c2cccc(C(F)(F)F)c2)CC1. The molecule has 11 heteroatoms. The van der Waals surface area contributed by atoms with E-state index in [0.29, 0.717) is 60.8 Å². The fraction of sp³-hybridized carbons (Fsp3) is 0.360. The van der Waals surface area contributed by atoms with Gasteiger partial charge in [0, 0.05) is 56.3 Å². The summed E-state index contributed by atoms with van der Waals surface area (Å²) < 4.78 is 49.1. The van der Waals surface area contributed by atoms with Crippen LogP contribution < -0.4 is 15.0 Å². The number of nitrogens with one attached hydrogen (secondary N) is 2. The number of amides is 1. The average molecular weight is 505 g/mol. The Morgan fingerprint density at radius 3 is 2.47 bits per heavy atom. The van der Waals surface area contributed by atoms with Crippen LogP contribution in [0.3, 0.4) is 0 Å². The van der Waals surface area contributed by atoms with Crippen molar-refractivity contribution < 1.29 is 32.2 Å². The van der Waals surface area contributed by atoms with Gasteiger partial charge < -0.3 is 24.7 Å². The maximum Gasteiger partial charge on any atom is 0.416 e. The molecule has 3 aromatic rings. The zero-order chi connectivity index (χ0) is 25.9. The number of rotatable bonds is 7. The lowest BCUT2D eigenvalue weighted by Gasteiger charge is -2.36. The first-order valence-electron chi connectivity index (χ1n) is 11.4. The number of fused-ring (bicyclic) bond motifs is 1. The first-order chi connectivity index (χ1) is 17.2. The smallest absolute Gasteiger partial charge is 0.416 e. The van der Waals surface area contributed by atoms with Gasteiger partial charge in [0.05, 0.1) is 31.0 Å². The zero-order valence-corrected chi connectivity index (χ0v) is 19.9. The molecule has 2 aromatic carbocycles. The molecule has 1 fully saturated rings. The summed E-state index contributed by atoms with van der Waals surface area (Å²) in [6.07, 6.45) is -4.19. The van der Waals surface area contributed by atoms with Gasteiger partial charge in [0.25, 0.3) is 0 Å². The number of halogens is 3. The van der Waals surface area contributed by atoms with E-state index in [1.165, 1.54) is 26.4 Å². The van der Waals surface area contributed by atoms with E-state index in [4.69, 9.17) is 9.47 Å². The third-order valence-corrected chi connectivity index (χ3v) is 6.23. The molecule has 36 heavy (non-hydrogen) atoms. The summed E-state index contributed by atoms with van der Waals surface area (Å²) in [5.74, 6) is -0.273. The highest BCUT2D eigenvalue weighted by Gasteiger charge is 2.31. The fourth-order valence-corrected chi connectivity index (χ4v) is 4.26. The van der Waals surface area contributed by atoms with Crippen molar-refractivity contribution >= 4 is 34.2 Å². The number of nitrogens with zero attached hydrogens (tertiary/aromatic N) is 2. The van der Waals surface area contributed by atoms with Crippen molar-refractivity contribution in [1.82, 2.24) is 9.88 Å². The molecule has 0 aliphatic carbocycles. The van der Waals surface area contributed by atoms with Crippen LogP contribution in [-0.4, -0.2) is 68.7 Å². The van der Waals surface area contributed by atoms with Crippen LogP contribution in [0.2, 0.25) is 0 Å². The number of benzene rings is 2. The molecular weight excluding hydrogens is 477 g/mol. The number of hydrogen-bond donors (Lipinski definition) is 2. The maximum atomic E-state index is 13.0. The van der Waals surface area contributed by atoms with Crippen LogP contribution in [0.25, 0.3) is 10.9 Å². The molecule has 1 saturated heterocycles. The van der Waals surface area contributed by atoms with Gasteiger partial charge in [0.15, 0.2) is 0 Å². The fourth-order valence-electron chi connectivity index (χ4n) is 4.26. The van der Waals surface area contributed by atoms with Crippen LogP contribution in [0, 0.1) is 0 Å². The Labute approximate surface area is 206 Å². The van der Waals surface area contributed by atoms with E-state index in [1.54, 1.807) is 24.3 Å². The second kappa shape index (κ2) is 10.5. The molecule has 0 saturated carbocycles. The summed E-state index contributed by atoms with van der Waals surface area (Å²) in [5.41, 5.74) is 0.980. The first-order valence-corrected chi connectivity index (χ1v) is 11.4. The molecule has 0 unspecified atom stereocenters. The highest BCUT2D eigenvalue weighted by Crippen LogP contribution is 2.33. The lowest BCUT2D eigenvalue weighted by atomic mass is 10.1. The predicted molar refractivity (Wildman–Crippen MR) is 130 cm³/mol. The van der Waals surface area contributed by atoms with Crippen LogP contribution in [0.5, 0.6) is 5.75 Å². The third kappa shape index (κ3) is 5.56. The highest BCUT2D eigenvalue weighted by molar-refractivity contribution is 6.11. The van der Waals surface area contributed by atoms with Gasteiger partial charge in [-0.25, -0.2) is 4.79 Å². The molecule has 2 heterocycles. The first kappa shape index (κ1) is 25.4. The number of aromatic amines is 1. The number of anilines is 2. The summed E-state index contributed by atoms with van der Waals surface area (Å²) in [6, 6.07) is 10.5. The summed E-state index contributed by atoms with van der Waals surface area (Å²) in [5, 5.41) is 3.48. The lowest BCUT2D eigenvalue weighted by molar-refractivity contribution is -0.137. The third-order valence-electron chi connectivity index (χ3n) is 6.23. The largest absolute Gasteiger partial charge is 0.497 e. The van der Waals surface area contributed by atoms with Crippen molar-refractivity contribution in [3.05, 3.63) is 53.7 Å². The Bertz CT molecular complexity index is 1250. The Morgan fingerprint density at radius 2 is 1.81 bits per heavy atom. The Morgan fingerprint density at radius 1 is 1.06 bits per heavy atom. The van der Waals surface area contributed by atoms with Gasteiger partial charge in [-0.2, -0.15) is 13.2 Å². The number of carbonyl (C=O) groups is 2. The quantitative estimate of drug-likeness (QED) is 0.471. The van der Waals surface area contributed by atoms with Crippen LogP contribution in [0.1, 0.15) is 22.5 Å². The monoisotopic (exact) mass is 504 g/mol. The van der Waals surface area contributed by atoms with Gasteiger partial charge in [-0.05, 0) is 30.3 Å². The summed E-state index contributed by atoms with van der Waals surface area (Å²) >= 11 is 0. The van der Waals surface area contributed by atoms with Gasteiger partial charge in [0.1, 0.15) is 11.4 Å². The van der Waals surface area contributed by atoms with E-state index in [1.807, 2.05) is 4.90 Å². The molecule has 1 aliphatic heterocycles. The van der Waals surface area contributed by atoms with E-state index in [2.05, 4.69) is 15.2 Å². The molecule has 1 aromatic heterocycles. The van der Waals surface area contributed by atoms with E-state index in [0.717, 1.165) is 6.07 Å². The van der Waals surface area contributed by atoms with Gasteiger partial charge in [-0.3, -0.25) is 9.69 Å². The second-order valence-corrected chi connectivity index (χ2v) is 8.45. The van der Waals surface area contributed by atoms with Crippen LogP contribution in [0.15, 0.2) is 42.5 Å². The Hall–Kier alpha value is -3.73. The van der Waals surface area contributed by atoms with E-state index in [-0.39, 0.29) is 18.0 Å². The molecule has 8 nitrogen and oxygen atoms in total. The number of H-pyrrole nitrogens is 1. The predicted octanol–water partition coefficient (Wildman–Crippen LogP) is 4.13. The van der Waals surface area contributed by atoms with Crippen molar-refractivity contribution in [3.63, 3.8) is 0 Å². The number of carbonyl (C=O) groups excluding carboxylic acids is 2. The van der Waals surface area contributed by atoms with Crippen LogP contribution >= 0.6 is 0 Å². The molecule has 0 bridgehead atoms. The average Bonchev–Trinajstić information content (AvgIpc) is 3.24. The highest BCUT2D eigenvalue weighted by atomic mass is 19.4. The minimum atomic E-state index is -4.38. The van der Waals surface area contributed by atoms with Gasteiger partial charge in [0.2, 0.25) is 5.91 Å². The summed E-state index contributed by atoms with van der Waals surface area (Å²) in [6.45, 7) is 2.82. The molecule has 0 radical (unpaired) electrons. The molecule has 0 atom stereocenters. The van der Waals surface area contributed by atoms with Crippen LogP contribution in [0.4, 0.5) is 24.5 Å². The number of ether oxygens (including phenoxy) is 2. The van der Waals surface area contributed by atoms with Crippen LogP contribution in [-0.2, 0) is 15.7 Å². The number of hydrogen-bond acceptors (Lipinski definition) is 6. The van der Waals surface area contributed by atoms with Gasteiger partial charge >= 0.3 is 12.1 Å². The van der Waals surface area contributed by atoms with E-state index < -0.39 is 17.7 Å². The van der Waals surface area contributed by atoms with Crippen molar-refractivity contribution in [3.8, 4) is 5.75 Å². The van der Waals surface area contributed by atoms with Crippen molar-refractivity contribution in [2.24, 2.45) is 0 Å². The summed E-state index contributed by atoms with van der Waals surface area (Å²) in [7, 11) is 2.80. The second-order valence-electron chi connectivity index (χ2n) is 8.45. The minimum absolute atomic E-state index is 0.142. The maximum absolute atomic E-state index is 13.0. The number of alkyl halides is 3. The normalized spacial score (nSPS) is 14.6. The zero-order valence-electron chi connectivity index (χ0n) is 19.9. The van der Waals surface area contributed by atoms with Gasteiger partial charge in [-0.15, -0.1) is 0 Å². The molecule has 1 aliphatic rings. The minimum Gasteiger partial charge on any atom is -0.497 e. The number of methoxy groups -OCH3 is 2. The topological polar surface area (TPSA) is 86.9 Å². The van der Waals surface area contributed by atoms with Crippen molar-refractivity contribution in [1.29, 1.82) is 0 Å². The molecule has 0 spiro atoms. The molecule has 2 N–H and O–H groups in total. The molecular formula is C25H27F3N4O4. The molecule has 192 valence electrons. The Balaban J connectivity index is 1.35. The number of piperazine rings is 1. The standard InChI is InChI=1S/C25H27F3N4O4/c1-35-18-6-7-19-20(15-18)29-23(24(34)36-2)22(19)30-21(33)8-9-31-10-12-32(13-11-31)17-5-3-4-16(14-17)25(26,27)28/h3-7,14-15,29H,8-13H2,1-2H3,(H,30,33). The number of aromatic nitrogens is 1. The summed E-state index contributed by atoms with van der Waals surface area (Å²) in [4.78, 5) is 32.0. The molecule has 1 amide bonds. The van der Waals surface area contributed by atoms with Crippen molar-refractivity contribution in [2.45, 2.75) is 12.6 Å².